The smallest absolute Gasteiger partial charge is 0.106 e. The van der Waals surface area contributed by atoms with Gasteiger partial charge in [0, 0.05) is 0 Å². The number of hydrogen-bond donors (Lipinski definition) is 0. The minimum absolute atomic E-state index is 0.772. The lowest BCUT2D eigenvalue weighted by Crippen LogP contribution is -2.00. The number of hydrogen-bond acceptors (Lipinski definition) is 1. The molecule has 1 aliphatic heterocycles. The fourth-order valence-electron chi connectivity index (χ4n) is 1.72. The van der Waals surface area contributed by atoms with Crippen molar-refractivity contribution >= 4 is 0 Å². The molecule has 0 fully saturated rings. The molecule has 1 heterocycles. The summed E-state index contributed by atoms with van der Waals surface area (Å²) in [6.45, 7) is 5.25. The monoisotopic (exact) mass is 194 g/mol. The van der Waals surface area contributed by atoms with Gasteiger partial charge in [-0.25, -0.2) is 0 Å². The van der Waals surface area contributed by atoms with Crippen LogP contribution < -0.4 is 0 Å². The first-order valence-electron chi connectivity index (χ1n) is 5.88. The summed E-state index contributed by atoms with van der Waals surface area (Å²) in [5.41, 5.74) is 2.97. The van der Waals surface area contributed by atoms with Gasteiger partial charge in [0.25, 0.3) is 0 Å². The normalized spacial score (nSPS) is 15.9. The van der Waals surface area contributed by atoms with Crippen molar-refractivity contribution in [1.29, 1.82) is 0 Å². The van der Waals surface area contributed by atoms with Crippen LogP contribution in [-0.2, 0) is 4.74 Å². The van der Waals surface area contributed by atoms with Crippen LogP contribution in [0.2, 0.25) is 0 Å². The Kier molecular flexibility index (Phi) is 5.43. The first-order chi connectivity index (χ1) is 6.88. The highest BCUT2D eigenvalue weighted by molar-refractivity contribution is 5.31. The van der Waals surface area contributed by atoms with E-state index in [1.165, 1.54) is 49.7 Å². The van der Waals surface area contributed by atoms with Crippen molar-refractivity contribution in [3.63, 3.8) is 0 Å². The molecule has 0 radical (unpaired) electrons. The Bertz CT molecular complexity index is 189. The van der Waals surface area contributed by atoms with Gasteiger partial charge in [-0.2, -0.15) is 0 Å². The van der Waals surface area contributed by atoms with E-state index in [4.69, 9.17) is 4.74 Å². The second-order valence-electron chi connectivity index (χ2n) is 3.91. The van der Waals surface area contributed by atoms with E-state index in [2.05, 4.69) is 19.9 Å². The van der Waals surface area contributed by atoms with Gasteiger partial charge in [0.2, 0.25) is 0 Å². The van der Waals surface area contributed by atoms with Crippen molar-refractivity contribution in [2.24, 2.45) is 0 Å². The van der Waals surface area contributed by atoms with E-state index in [0.717, 1.165) is 6.61 Å². The van der Waals surface area contributed by atoms with E-state index < -0.39 is 0 Å². The SMILES string of the molecule is CCCCC1=CCOC=C1CCCC. The molecule has 0 aromatic heterocycles. The molecule has 0 saturated carbocycles. The van der Waals surface area contributed by atoms with Gasteiger partial charge < -0.3 is 4.74 Å². The van der Waals surface area contributed by atoms with E-state index in [-0.39, 0.29) is 0 Å². The molecule has 0 amide bonds. The van der Waals surface area contributed by atoms with Gasteiger partial charge in [-0.15, -0.1) is 0 Å². The van der Waals surface area contributed by atoms with Crippen LogP contribution in [0.1, 0.15) is 52.4 Å². The predicted molar refractivity (Wildman–Crippen MR) is 61.2 cm³/mol. The summed E-state index contributed by atoms with van der Waals surface area (Å²) in [4.78, 5) is 0. The summed E-state index contributed by atoms with van der Waals surface area (Å²) in [5.74, 6) is 0. The molecule has 0 bridgehead atoms. The topological polar surface area (TPSA) is 9.23 Å². The van der Waals surface area contributed by atoms with Crippen LogP contribution >= 0.6 is 0 Å². The van der Waals surface area contributed by atoms with Crippen molar-refractivity contribution in [3.05, 3.63) is 23.5 Å². The molecule has 80 valence electrons. The van der Waals surface area contributed by atoms with E-state index in [1.807, 2.05) is 6.26 Å². The van der Waals surface area contributed by atoms with Gasteiger partial charge in [-0.1, -0.05) is 26.7 Å². The van der Waals surface area contributed by atoms with Gasteiger partial charge in [-0.05, 0) is 42.9 Å². The summed E-state index contributed by atoms with van der Waals surface area (Å²) >= 11 is 0. The third-order valence-electron chi connectivity index (χ3n) is 2.66. The zero-order chi connectivity index (χ0) is 10.2. The Balaban J connectivity index is 2.44. The molecule has 1 aliphatic rings. The summed E-state index contributed by atoms with van der Waals surface area (Å²) < 4.78 is 5.35. The van der Waals surface area contributed by atoms with Crippen LogP contribution in [0.5, 0.6) is 0 Å². The van der Waals surface area contributed by atoms with Crippen molar-refractivity contribution in [1.82, 2.24) is 0 Å². The average Bonchev–Trinajstić information content (AvgIpc) is 2.24. The third-order valence-corrected chi connectivity index (χ3v) is 2.66. The Morgan fingerprint density at radius 3 is 2.36 bits per heavy atom. The highest BCUT2D eigenvalue weighted by Crippen LogP contribution is 2.24. The molecule has 0 atom stereocenters. The molecule has 1 rings (SSSR count). The van der Waals surface area contributed by atoms with Gasteiger partial charge in [0.05, 0.1) is 6.26 Å². The molecule has 1 heteroatoms. The Hall–Kier alpha value is -0.720. The fraction of sp³-hybridized carbons (Fsp3) is 0.692. The van der Waals surface area contributed by atoms with Crippen LogP contribution in [0, 0.1) is 0 Å². The molecule has 0 aromatic rings. The van der Waals surface area contributed by atoms with Gasteiger partial charge >= 0.3 is 0 Å². The third kappa shape index (κ3) is 3.57. The summed E-state index contributed by atoms with van der Waals surface area (Å²) in [6, 6.07) is 0. The van der Waals surface area contributed by atoms with E-state index in [9.17, 15) is 0 Å². The lowest BCUT2D eigenvalue weighted by atomic mass is 9.96. The molecular weight excluding hydrogens is 172 g/mol. The van der Waals surface area contributed by atoms with Crippen molar-refractivity contribution in [2.75, 3.05) is 6.61 Å². The molecule has 14 heavy (non-hydrogen) atoms. The molecule has 0 saturated heterocycles. The zero-order valence-corrected chi connectivity index (χ0v) is 9.51. The minimum atomic E-state index is 0.772. The predicted octanol–water partition coefficient (Wildman–Crippen LogP) is 4.21. The highest BCUT2D eigenvalue weighted by atomic mass is 16.5. The maximum absolute atomic E-state index is 5.35. The summed E-state index contributed by atoms with van der Waals surface area (Å²) in [5, 5.41) is 0. The number of unbranched alkanes of at least 4 members (excludes halogenated alkanes) is 2. The first kappa shape index (κ1) is 11.4. The quantitative estimate of drug-likeness (QED) is 0.615. The number of allylic oxidation sites excluding steroid dienone is 2. The number of ether oxygens (including phenoxy) is 1. The van der Waals surface area contributed by atoms with Crippen LogP contribution in [-0.4, -0.2) is 6.61 Å². The van der Waals surface area contributed by atoms with E-state index in [1.54, 1.807) is 0 Å². The standard InChI is InChI=1S/C13H22O/c1-3-5-7-12-9-10-14-11-13(12)8-6-4-2/h9,11H,3-8,10H2,1-2H3. The minimum Gasteiger partial charge on any atom is -0.497 e. The molecular formula is C13H22O. The second kappa shape index (κ2) is 6.69. The lowest BCUT2D eigenvalue weighted by molar-refractivity contribution is 0.278. The summed E-state index contributed by atoms with van der Waals surface area (Å²) in [6.07, 6.45) is 11.8. The van der Waals surface area contributed by atoms with Crippen molar-refractivity contribution in [3.8, 4) is 0 Å². The molecule has 0 aliphatic carbocycles. The lowest BCUT2D eigenvalue weighted by Gasteiger charge is -2.16. The molecule has 1 nitrogen and oxygen atoms in total. The zero-order valence-electron chi connectivity index (χ0n) is 9.51. The molecule has 0 aromatic carbocycles. The van der Waals surface area contributed by atoms with Crippen LogP contribution in [0.4, 0.5) is 0 Å². The van der Waals surface area contributed by atoms with Crippen LogP contribution in [0.15, 0.2) is 23.5 Å². The maximum Gasteiger partial charge on any atom is 0.106 e. The highest BCUT2D eigenvalue weighted by Gasteiger charge is 2.08. The van der Waals surface area contributed by atoms with Gasteiger partial charge in [0.15, 0.2) is 0 Å². The average molecular weight is 194 g/mol. The van der Waals surface area contributed by atoms with Crippen molar-refractivity contribution < 1.29 is 4.74 Å². The Morgan fingerprint density at radius 1 is 1.07 bits per heavy atom. The van der Waals surface area contributed by atoms with Gasteiger partial charge in [-0.3, -0.25) is 0 Å². The van der Waals surface area contributed by atoms with Gasteiger partial charge in [0.1, 0.15) is 6.61 Å². The number of rotatable bonds is 6. The molecule has 0 spiro atoms. The second-order valence-corrected chi connectivity index (χ2v) is 3.91. The van der Waals surface area contributed by atoms with Crippen LogP contribution in [0.3, 0.4) is 0 Å². The Morgan fingerprint density at radius 2 is 1.71 bits per heavy atom. The molecule has 0 unspecified atom stereocenters. The fourth-order valence-corrected chi connectivity index (χ4v) is 1.72. The van der Waals surface area contributed by atoms with Crippen LogP contribution in [0.25, 0.3) is 0 Å². The van der Waals surface area contributed by atoms with E-state index >= 15 is 0 Å². The van der Waals surface area contributed by atoms with E-state index in [0.29, 0.717) is 0 Å². The van der Waals surface area contributed by atoms with Crippen molar-refractivity contribution in [2.45, 2.75) is 52.4 Å². The summed E-state index contributed by atoms with van der Waals surface area (Å²) in [7, 11) is 0. The first-order valence-corrected chi connectivity index (χ1v) is 5.88. The maximum atomic E-state index is 5.35. The largest absolute Gasteiger partial charge is 0.497 e. The Labute approximate surface area is 87.8 Å². The molecule has 0 N–H and O–H groups in total.